The molecule has 5 heteroatoms. The average Bonchev–Trinajstić information content (AvgIpc) is 2.71. The van der Waals surface area contributed by atoms with Crippen LogP contribution in [-0.4, -0.2) is 37.6 Å². The second-order valence-corrected chi connectivity index (χ2v) is 8.18. The number of unbranched alkanes of at least 4 members (excludes halogenated alkanes) is 5. The summed E-state index contributed by atoms with van der Waals surface area (Å²) in [6, 6.07) is 9.01. The standard InChI is InChI=1S/C24H40N2O3/c1-5-6-7-8-9-13-16-25-21(18-20-14-11-10-12-15-20)23(27)26-22(17-19(2)3)24(28)29-4/h10-12,14-15,19,21-22,25H,5-9,13,16-18H2,1-4H3,(H,26,27)/t21-,22-/m0/s1. The Hall–Kier alpha value is -1.88. The third-order valence-electron chi connectivity index (χ3n) is 5.03. The largest absolute Gasteiger partial charge is 0.467 e. The molecule has 0 saturated carbocycles. The maximum atomic E-state index is 13.0. The summed E-state index contributed by atoms with van der Waals surface area (Å²) in [4.78, 5) is 25.1. The number of amides is 1. The van der Waals surface area contributed by atoms with E-state index in [2.05, 4.69) is 17.6 Å². The number of ether oxygens (including phenoxy) is 1. The molecule has 0 spiro atoms. The van der Waals surface area contributed by atoms with Crippen molar-refractivity contribution in [2.24, 2.45) is 5.92 Å². The van der Waals surface area contributed by atoms with Gasteiger partial charge in [0.15, 0.2) is 0 Å². The van der Waals surface area contributed by atoms with E-state index in [4.69, 9.17) is 4.74 Å². The Balaban J connectivity index is 2.67. The first-order chi connectivity index (χ1) is 14.0. The van der Waals surface area contributed by atoms with Crippen LogP contribution in [0.2, 0.25) is 0 Å². The molecule has 0 aliphatic heterocycles. The van der Waals surface area contributed by atoms with Gasteiger partial charge in [-0.2, -0.15) is 0 Å². The van der Waals surface area contributed by atoms with E-state index in [9.17, 15) is 9.59 Å². The molecule has 0 fully saturated rings. The molecule has 0 aliphatic rings. The van der Waals surface area contributed by atoms with Gasteiger partial charge >= 0.3 is 5.97 Å². The van der Waals surface area contributed by atoms with Crippen molar-refractivity contribution in [1.29, 1.82) is 0 Å². The van der Waals surface area contributed by atoms with Crippen molar-refractivity contribution < 1.29 is 14.3 Å². The zero-order valence-electron chi connectivity index (χ0n) is 18.7. The Morgan fingerprint density at radius 1 is 0.966 bits per heavy atom. The van der Waals surface area contributed by atoms with E-state index in [1.54, 1.807) is 0 Å². The quantitative estimate of drug-likeness (QED) is 0.339. The van der Waals surface area contributed by atoms with Crippen molar-refractivity contribution in [1.82, 2.24) is 10.6 Å². The predicted molar refractivity (Wildman–Crippen MR) is 119 cm³/mol. The lowest BCUT2D eigenvalue weighted by Crippen LogP contribution is -2.51. The van der Waals surface area contributed by atoms with Crippen LogP contribution in [0.4, 0.5) is 0 Å². The number of carbonyl (C=O) groups excluding carboxylic acids is 2. The average molecular weight is 405 g/mol. The highest BCUT2D eigenvalue weighted by Crippen LogP contribution is 2.09. The molecular formula is C24H40N2O3. The van der Waals surface area contributed by atoms with Crippen LogP contribution in [0.1, 0.15) is 71.3 Å². The van der Waals surface area contributed by atoms with E-state index < -0.39 is 6.04 Å². The SMILES string of the molecule is CCCCCCCCN[C@@H](Cc1ccccc1)C(=O)N[C@@H](CC(C)C)C(=O)OC. The molecule has 1 amide bonds. The first-order valence-corrected chi connectivity index (χ1v) is 11.1. The lowest BCUT2D eigenvalue weighted by atomic mass is 10.0. The third kappa shape index (κ3) is 11.0. The number of methoxy groups -OCH3 is 1. The Morgan fingerprint density at radius 2 is 1.62 bits per heavy atom. The van der Waals surface area contributed by atoms with Crippen LogP contribution in [0.15, 0.2) is 30.3 Å². The second-order valence-electron chi connectivity index (χ2n) is 8.18. The summed E-state index contributed by atoms with van der Waals surface area (Å²) in [5.41, 5.74) is 1.10. The fourth-order valence-electron chi connectivity index (χ4n) is 3.39. The molecule has 164 valence electrons. The molecule has 0 radical (unpaired) electrons. The Kier molecular flexibility index (Phi) is 13.0. The number of esters is 1. The van der Waals surface area contributed by atoms with Crippen molar-refractivity contribution in [3.8, 4) is 0 Å². The molecule has 0 bridgehead atoms. The predicted octanol–water partition coefficient (Wildman–Crippen LogP) is 4.25. The van der Waals surface area contributed by atoms with Gasteiger partial charge in [-0.05, 0) is 37.3 Å². The van der Waals surface area contributed by atoms with Gasteiger partial charge in [0.1, 0.15) is 6.04 Å². The molecule has 1 aromatic rings. The van der Waals surface area contributed by atoms with Crippen LogP contribution in [0.25, 0.3) is 0 Å². The zero-order chi connectivity index (χ0) is 21.5. The molecule has 0 aliphatic carbocycles. The van der Waals surface area contributed by atoms with Gasteiger partial charge in [0.2, 0.25) is 5.91 Å². The summed E-state index contributed by atoms with van der Waals surface area (Å²) in [6.07, 6.45) is 8.43. The normalized spacial score (nSPS) is 13.1. The molecule has 5 nitrogen and oxygen atoms in total. The maximum absolute atomic E-state index is 13.0. The molecule has 2 atom stereocenters. The molecule has 0 unspecified atom stereocenters. The molecule has 0 saturated heterocycles. The Bertz CT molecular complexity index is 575. The third-order valence-corrected chi connectivity index (χ3v) is 5.03. The number of rotatable bonds is 15. The minimum absolute atomic E-state index is 0.143. The highest BCUT2D eigenvalue weighted by atomic mass is 16.5. The highest BCUT2D eigenvalue weighted by molar-refractivity contribution is 5.87. The van der Waals surface area contributed by atoms with Crippen LogP contribution in [-0.2, 0) is 20.7 Å². The van der Waals surface area contributed by atoms with Gasteiger partial charge in [-0.3, -0.25) is 4.79 Å². The van der Waals surface area contributed by atoms with E-state index >= 15 is 0 Å². The summed E-state index contributed by atoms with van der Waals surface area (Å²) in [6.45, 7) is 7.07. The van der Waals surface area contributed by atoms with Crippen molar-refractivity contribution in [2.75, 3.05) is 13.7 Å². The van der Waals surface area contributed by atoms with Crippen molar-refractivity contribution in [2.45, 2.75) is 84.2 Å². The topological polar surface area (TPSA) is 67.4 Å². The number of benzene rings is 1. The van der Waals surface area contributed by atoms with Crippen LogP contribution >= 0.6 is 0 Å². The molecule has 2 N–H and O–H groups in total. The first kappa shape index (κ1) is 25.2. The summed E-state index contributed by atoms with van der Waals surface area (Å²) >= 11 is 0. The van der Waals surface area contributed by atoms with Gasteiger partial charge in [0.25, 0.3) is 0 Å². The molecule has 0 heterocycles. The maximum Gasteiger partial charge on any atom is 0.328 e. The van der Waals surface area contributed by atoms with E-state index in [1.807, 2.05) is 44.2 Å². The number of hydrogen-bond donors (Lipinski definition) is 2. The minimum atomic E-state index is -0.610. The Labute approximate surface area is 177 Å². The number of nitrogens with one attached hydrogen (secondary N) is 2. The summed E-state index contributed by atoms with van der Waals surface area (Å²) in [5.74, 6) is -0.250. The van der Waals surface area contributed by atoms with Crippen LogP contribution < -0.4 is 10.6 Å². The summed E-state index contributed by atoms with van der Waals surface area (Å²) in [5, 5.41) is 6.32. The van der Waals surface area contributed by atoms with Gasteiger partial charge in [-0.1, -0.05) is 83.2 Å². The monoisotopic (exact) mass is 404 g/mol. The van der Waals surface area contributed by atoms with Gasteiger partial charge in [-0.25, -0.2) is 4.79 Å². The lowest BCUT2D eigenvalue weighted by molar-refractivity contribution is -0.145. The zero-order valence-corrected chi connectivity index (χ0v) is 18.7. The summed E-state index contributed by atoms with van der Waals surface area (Å²) < 4.78 is 4.88. The van der Waals surface area contributed by atoms with Crippen LogP contribution in [0.3, 0.4) is 0 Å². The van der Waals surface area contributed by atoms with Gasteiger partial charge in [0.05, 0.1) is 13.2 Å². The first-order valence-electron chi connectivity index (χ1n) is 11.1. The van der Waals surface area contributed by atoms with E-state index in [0.717, 1.165) is 18.5 Å². The smallest absolute Gasteiger partial charge is 0.328 e. The number of hydrogen-bond acceptors (Lipinski definition) is 4. The molecule has 1 rings (SSSR count). The fourth-order valence-corrected chi connectivity index (χ4v) is 3.39. The molecule has 29 heavy (non-hydrogen) atoms. The molecule has 0 aromatic heterocycles. The van der Waals surface area contributed by atoms with E-state index in [0.29, 0.717) is 12.8 Å². The van der Waals surface area contributed by atoms with E-state index in [-0.39, 0.29) is 23.8 Å². The minimum Gasteiger partial charge on any atom is -0.467 e. The van der Waals surface area contributed by atoms with Crippen LogP contribution in [0, 0.1) is 5.92 Å². The van der Waals surface area contributed by atoms with Gasteiger partial charge < -0.3 is 15.4 Å². The fraction of sp³-hybridized carbons (Fsp3) is 0.667. The lowest BCUT2D eigenvalue weighted by Gasteiger charge is -2.23. The van der Waals surface area contributed by atoms with Crippen molar-refractivity contribution >= 4 is 11.9 Å². The number of carbonyl (C=O) groups is 2. The molecule has 1 aromatic carbocycles. The second kappa shape index (κ2) is 15.0. The van der Waals surface area contributed by atoms with Crippen molar-refractivity contribution in [3.05, 3.63) is 35.9 Å². The molecular weight excluding hydrogens is 364 g/mol. The van der Waals surface area contributed by atoms with Gasteiger partial charge in [0, 0.05) is 0 Å². The Morgan fingerprint density at radius 3 is 2.24 bits per heavy atom. The van der Waals surface area contributed by atoms with Gasteiger partial charge in [-0.15, -0.1) is 0 Å². The summed E-state index contributed by atoms with van der Waals surface area (Å²) in [7, 11) is 1.36. The van der Waals surface area contributed by atoms with Crippen molar-refractivity contribution in [3.63, 3.8) is 0 Å². The van der Waals surface area contributed by atoms with Crippen LogP contribution in [0.5, 0.6) is 0 Å². The van der Waals surface area contributed by atoms with E-state index in [1.165, 1.54) is 39.2 Å². The highest BCUT2D eigenvalue weighted by Gasteiger charge is 2.26.